The summed E-state index contributed by atoms with van der Waals surface area (Å²) in [5.41, 5.74) is 0. The van der Waals surface area contributed by atoms with Crippen LogP contribution in [0.5, 0.6) is 0 Å². The normalized spacial score (nSPS) is 47.7. The first-order valence-corrected chi connectivity index (χ1v) is 3.93. The van der Waals surface area contributed by atoms with Crippen LogP contribution in [0.4, 0.5) is 0 Å². The van der Waals surface area contributed by atoms with Crippen LogP contribution in [-0.4, -0.2) is 22.7 Å². The van der Waals surface area contributed by atoms with Crippen LogP contribution in [0.25, 0.3) is 0 Å². The molecule has 2 saturated heterocycles. The van der Waals surface area contributed by atoms with Crippen LogP contribution in [0.1, 0.15) is 6.92 Å². The summed E-state index contributed by atoms with van der Waals surface area (Å²) in [7, 11) is 0. The third-order valence-corrected chi connectivity index (χ3v) is 2.86. The first kappa shape index (κ1) is 5.56. The standard InChI is InChI=1S/C5H8N2OS/c1-2-6-3-4(8)7-5(3)9-2/h2-3,5-6H,1H3,(H,7,8)/t2?,3-,5-/m1/s1. The van der Waals surface area contributed by atoms with Gasteiger partial charge in [0.15, 0.2) is 0 Å². The Balaban J connectivity index is 2.08. The molecule has 50 valence electrons. The number of amides is 1. The molecule has 0 aliphatic carbocycles. The van der Waals surface area contributed by atoms with Gasteiger partial charge >= 0.3 is 0 Å². The number of β-lactam (4-membered cyclic amide) rings is 1. The molecule has 1 unspecified atom stereocenters. The van der Waals surface area contributed by atoms with E-state index in [-0.39, 0.29) is 11.9 Å². The maximum Gasteiger partial charge on any atom is 0.241 e. The second-order valence-corrected chi connectivity index (χ2v) is 3.84. The topological polar surface area (TPSA) is 41.1 Å². The fourth-order valence-electron chi connectivity index (χ4n) is 1.14. The maximum absolute atomic E-state index is 10.7. The molecule has 0 bridgehead atoms. The van der Waals surface area contributed by atoms with Gasteiger partial charge in [-0.3, -0.25) is 10.1 Å². The third kappa shape index (κ3) is 0.664. The van der Waals surface area contributed by atoms with Crippen molar-refractivity contribution < 1.29 is 4.79 Å². The summed E-state index contributed by atoms with van der Waals surface area (Å²) in [5.74, 6) is 0.150. The van der Waals surface area contributed by atoms with Gasteiger partial charge in [-0.25, -0.2) is 0 Å². The summed E-state index contributed by atoms with van der Waals surface area (Å²) in [6, 6.07) is 0.102. The summed E-state index contributed by atoms with van der Waals surface area (Å²) in [5, 5.41) is 6.73. The van der Waals surface area contributed by atoms with Gasteiger partial charge in [0.2, 0.25) is 5.91 Å². The van der Waals surface area contributed by atoms with Gasteiger partial charge in [0.25, 0.3) is 0 Å². The Bertz CT molecular complexity index is 161. The molecule has 3 nitrogen and oxygen atoms in total. The van der Waals surface area contributed by atoms with Crippen molar-refractivity contribution in [1.82, 2.24) is 10.6 Å². The number of thioether (sulfide) groups is 1. The molecule has 9 heavy (non-hydrogen) atoms. The molecule has 0 aromatic heterocycles. The van der Waals surface area contributed by atoms with E-state index >= 15 is 0 Å². The number of hydrogen-bond acceptors (Lipinski definition) is 3. The highest BCUT2D eigenvalue weighted by molar-refractivity contribution is 8.00. The molecule has 2 fully saturated rings. The Labute approximate surface area is 57.6 Å². The van der Waals surface area contributed by atoms with E-state index in [9.17, 15) is 4.79 Å². The summed E-state index contributed by atoms with van der Waals surface area (Å²) in [6.07, 6.45) is 0. The van der Waals surface area contributed by atoms with Crippen molar-refractivity contribution in [2.75, 3.05) is 0 Å². The lowest BCUT2D eigenvalue weighted by Gasteiger charge is -2.28. The molecule has 2 aliphatic heterocycles. The maximum atomic E-state index is 10.7. The van der Waals surface area contributed by atoms with Crippen LogP contribution >= 0.6 is 11.8 Å². The molecule has 2 rings (SSSR count). The van der Waals surface area contributed by atoms with Crippen LogP contribution in [0.15, 0.2) is 0 Å². The van der Waals surface area contributed by atoms with Crippen molar-refractivity contribution in [2.45, 2.75) is 23.7 Å². The van der Waals surface area contributed by atoms with Gasteiger partial charge < -0.3 is 5.32 Å². The van der Waals surface area contributed by atoms with Crippen molar-refractivity contribution >= 4 is 17.7 Å². The zero-order chi connectivity index (χ0) is 6.43. The highest BCUT2D eigenvalue weighted by Gasteiger charge is 2.45. The molecule has 2 aliphatic rings. The van der Waals surface area contributed by atoms with Crippen LogP contribution in [0.2, 0.25) is 0 Å². The first-order valence-electron chi connectivity index (χ1n) is 2.99. The number of hydrogen-bond donors (Lipinski definition) is 2. The van der Waals surface area contributed by atoms with E-state index in [0.717, 1.165) is 0 Å². The molecule has 1 amide bonds. The minimum Gasteiger partial charge on any atom is -0.341 e. The monoisotopic (exact) mass is 144 g/mol. The average Bonchev–Trinajstić information content (AvgIpc) is 2.08. The minimum atomic E-state index is 0.102. The molecular formula is C5H8N2OS. The lowest BCUT2D eigenvalue weighted by molar-refractivity contribution is -0.128. The summed E-state index contributed by atoms with van der Waals surface area (Å²) < 4.78 is 0. The summed E-state index contributed by atoms with van der Waals surface area (Å²) in [4.78, 5) is 10.7. The average molecular weight is 144 g/mol. The van der Waals surface area contributed by atoms with Gasteiger partial charge in [-0.05, 0) is 6.92 Å². The molecule has 0 aromatic carbocycles. The van der Waals surface area contributed by atoms with Crippen molar-refractivity contribution in [3.63, 3.8) is 0 Å². The van der Waals surface area contributed by atoms with E-state index < -0.39 is 0 Å². The second kappa shape index (κ2) is 1.64. The molecule has 3 atom stereocenters. The van der Waals surface area contributed by atoms with Crippen molar-refractivity contribution in [1.29, 1.82) is 0 Å². The van der Waals surface area contributed by atoms with Crippen molar-refractivity contribution in [2.24, 2.45) is 0 Å². The molecule has 2 heterocycles. The van der Waals surface area contributed by atoms with Gasteiger partial charge in [0.1, 0.15) is 11.4 Å². The summed E-state index contributed by atoms with van der Waals surface area (Å²) in [6.45, 7) is 2.07. The van der Waals surface area contributed by atoms with Crippen molar-refractivity contribution in [3.05, 3.63) is 0 Å². The molecule has 0 saturated carbocycles. The van der Waals surface area contributed by atoms with E-state index in [4.69, 9.17) is 0 Å². The SMILES string of the molecule is CC1N[C@@H]2C(=O)N[C@@H]2S1. The van der Waals surface area contributed by atoms with E-state index in [1.165, 1.54) is 0 Å². The number of rotatable bonds is 0. The Morgan fingerprint density at radius 2 is 2.44 bits per heavy atom. The molecule has 2 N–H and O–H groups in total. The molecule has 4 heteroatoms. The zero-order valence-corrected chi connectivity index (χ0v) is 5.87. The van der Waals surface area contributed by atoms with E-state index in [0.29, 0.717) is 10.7 Å². The lowest BCUT2D eigenvalue weighted by atomic mass is 10.1. The van der Waals surface area contributed by atoms with Gasteiger partial charge in [-0.2, -0.15) is 0 Å². The summed E-state index contributed by atoms with van der Waals surface area (Å²) >= 11 is 1.78. The largest absolute Gasteiger partial charge is 0.341 e. The highest BCUT2D eigenvalue weighted by atomic mass is 32.2. The number of nitrogens with one attached hydrogen (secondary N) is 2. The third-order valence-electron chi connectivity index (χ3n) is 1.63. The van der Waals surface area contributed by atoms with Gasteiger partial charge in [-0.15, -0.1) is 11.8 Å². The molecule has 0 aromatic rings. The van der Waals surface area contributed by atoms with Gasteiger partial charge in [-0.1, -0.05) is 0 Å². The number of carbonyl (C=O) groups excluding carboxylic acids is 1. The second-order valence-electron chi connectivity index (χ2n) is 2.35. The number of fused-ring (bicyclic) bond motifs is 1. The Morgan fingerprint density at radius 3 is 2.89 bits per heavy atom. The predicted molar refractivity (Wildman–Crippen MR) is 35.9 cm³/mol. The predicted octanol–water partition coefficient (Wildman–Crippen LogP) is -0.507. The smallest absolute Gasteiger partial charge is 0.241 e. The zero-order valence-electron chi connectivity index (χ0n) is 5.05. The molecule has 0 spiro atoms. The van der Waals surface area contributed by atoms with Gasteiger partial charge in [0.05, 0.1) is 5.37 Å². The lowest BCUT2D eigenvalue weighted by Crippen LogP contribution is -2.62. The van der Waals surface area contributed by atoms with Gasteiger partial charge in [0, 0.05) is 0 Å². The molecule has 0 radical (unpaired) electrons. The Morgan fingerprint density at radius 1 is 1.67 bits per heavy atom. The molecular weight excluding hydrogens is 136 g/mol. The minimum absolute atomic E-state index is 0.102. The Hall–Kier alpha value is -0.220. The van der Waals surface area contributed by atoms with Crippen LogP contribution < -0.4 is 10.6 Å². The fourth-order valence-corrected chi connectivity index (χ4v) is 2.35. The Kier molecular flexibility index (Phi) is 1.01. The van der Waals surface area contributed by atoms with E-state index in [1.807, 2.05) is 0 Å². The van der Waals surface area contributed by atoms with Crippen LogP contribution in [0.3, 0.4) is 0 Å². The van der Waals surface area contributed by atoms with Crippen LogP contribution in [-0.2, 0) is 4.79 Å². The highest BCUT2D eigenvalue weighted by Crippen LogP contribution is 2.30. The quantitative estimate of drug-likeness (QED) is 0.450. The fraction of sp³-hybridized carbons (Fsp3) is 0.800. The number of carbonyl (C=O) groups is 1. The van der Waals surface area contributed by atoms with E-state index in [2.05, 4.69) is 17.6 Å². The van der Waals surface area contributed by atoms with Crippen LogP contribution in [0, 0.1) is 0 Å². The first-order chi connectivity index (χ1) is 4.27. The van der Waals surface area contributed by atoms with E-state index in [1.54, 1.807) is 11.8 Å². The van der Waals surface area contributed by atoms with Crippen molar-refractivity contribution in [3.8, 4) is 0 Å².